The average Bonchev–Trinajstić information content (AvgIpc) is 2.56. The number of rotatable bonds is 8. The Labute approximate surface area is 146 Å². The Hall–Kier alpha value is -2.34. The van der Waals surface area contributed by atoms with Crippen molar-refractivity contribution in [2.24, 2.45) is 0 Å². The number of nitrogens with one attached hydrogen (secondary N) is 1. The van der Waals surface area contributed by atoms with Crippen molar-refractivity contribution in [3.05, 3.63) is 51.7 Å². The fourth-order valence-electron chi connectivity index (χ4n) is 2.24. The van der Waals surface area contributed by atoms with Crippen molar-refractivity contribution in [1.29, 1.82) is 0 Å². The summed E-state index contributed by atoms with van der Waals surface area (Å²) in [7, 11) is 0. The summed E-state index contributed by atoms with van der Waals surface area (Å²) >= 11 is 5.67. The number of anilines is 1. The largest absolute Gasteiger partial charge is 0.434 e. The molecular weight excluding hydrogens is 330 g/mol. The van der Waals surface area contributed by atoms with Crippen LogP contribution >= 0.6 is 11.6 Å². The van der Waals surface area contributed by atoms with Crippen molar-refractivity contribution in [2.45, 2.75) is 26.7 Å². The van der Waals surface area contributed by atoms with E-state index in [4.69, 9.17) is 16.3 Å². The fourth-order valence-corrected chi connectivity index (χ4v) is 2.43. The first kappa shape index (κ1) is 18.0. The predicted molar refractivity (Wildman–Crippen MR) is 95.3 cm³/mol. The lowest BCUT2D eigenvalue weighted by Gasteiger charge is -2.14. The molecule has 0 aliphatic carbocycles. The van der Waals surface area contributed by atoms with E-state index in [0.29, 0.717) is 29.6 Å². The Morgan fingerprint density at radius 1 is 1.25 bits per heavy atom. The SMILES string of the molecule is Cc1nc(Oc2ccccc2)c([N+](=O)[O-])c(NCCCCCl)c1C. The molecule has 0 spiro atoms. The van der Waals surface area contributed by atoms with Gasteiger partial charge in [-0.05, 0) is 38.8 Å². The Morgan fingerprint density at radius 2 is 1.96 bits per heavy atom. The third kappa shape index (κ3) is 4.35. The average molecular weight is 350 g/mol. The minimum absolute atomic E-state index is 0.00542. The van der Waals surface area contributed by atoms with Crippen LogP contribution in [-0.4, -0.2) is 22.3 Å². The van der Waals surface area contributed by atoms with Gasteiger partial charge in [0.15, 0.2) is 0 Å². The third-order valence-electron chi connectivity index (χ3n) is 3.63. The van der Waals surface area contributed by atoms with Crippen LogP contribution in [-0.2, 0) is 0 Å². The third-order valence-corrected chi connectivity index (χ3v) is 3.90. The molecule has 1 aromatic carbocycles. The number of hydrogen-bond acceptors (Lipinski definition) is 5. The maximum atomic E-state index is 11.6. The molecule has 128 valence electrons. The van der Waals surface area contributed by atoms with Crippen molar-refractivity contribution in [3.8, 4) is 11.6 Å². The second kappa shape index (κ2) is 8.49. The molecule has 6 nitrogen and oxygen atoms in total. The van der Waals surface area contributed by atoms with Gasteiger partial charge in [-0.1, -0.05) is 18.2 Å². The van der Waals surface area contributed by atoms with E-state index >= 15 is 0 Å². The van der Waals surface area contributed by atoms with Crippen molar-refractivity contribution in [1.82, 2.24) is 4.98 Å². The first-order chi connectivity index (χ1) is 11.5. The van der Waals surface area contributed by atoms with E-state index in [1.54, 1.807) is 31.2 Å². The van der Waals surface area contributed by atoms with E-state index in [1.807, 2.05) is 13.0 Å². The Kier molecular flexibility index (Phi) is 6.37. The maximum absolute atomic E-state index is 11.6. The minimum Gasteiger partial charge on any atom is -0.434 e. The van der Waals surface area contributed by atoms with E-state index in [1.165, 1.54) is 0 Å². The lowest BCUT2D eigenvalue weighted by atomic mass is 10.1. The van der Waals surface area contributed by atoms with Gasteiger partial charge in [-0.3, -0.25) is 10.1 Å². The van der Waals surface area contributed by atoms with E-state index in [0.717, 1.165) is 18.4 Å². The summed E-state index contributed by atoms with van der Waals surface area (Å²) < 4.78 is 5.66. The number of nitrogens with zero attached hydrogens (tertiary/aromatic N) is 2. The second-order valence-electron chi connectivity index (χ2n) is 5.35. The Morgan fingerprint density at radius 3 is 2.58 bits per heavy atom. The van der Waals surface area contributed by atoms with E-state index in [9.17, 15) is 10.1 Å². The number of ether oxygens (including phenoxy) is 1. The molecule has 0 saturated carbocycles. The number of benzene rings is 1. The first-order valence-corrected chi connectivity index (χ1v) is 8.26. The lowest BCUT2D eigenvalue weighted by Crippen LogP contribution is -2.09. The smallest absolute Gasteiger partial charge is 0.354 e. The van der Waals surface area contributed by atoms with Crippen LogP contribution < -0.4 is 10.1 Å². The number of pyridine rings is 1. The summed E-state index contributed by atoms with van der Waals surface area (Å²) in [5.74, 6) is 1.07. The van der Waals surface area contributed by atoms with Crippen molar-refractivity contribution in [3.63, 3.8) is 0 Å². The fraction of sp³-hybridized carbons (Fsp3) is 0.353. The highest BCUT2D eigenvalue weighted by Gasteiger charge is 2.27. The number of aryl methyl sites for hydroxylation is 1. The van der Waals surface area contributed by atoms with E-state index in [-0.39, 0.29) is 11.6 Å². The normalized spacial score (nSPS) is 10.5. The molecule has 1 heterocycles. The number of unbranched alkanes of at least 4 members (excludes halogenated alkanes) is 1. The van der Waals surface area contributed by atoms with Crippen LogP contribution in [0.1, 0.15) is 24.1 Å². The molecule has 24 heavy (non-hydrogen) atoms. The molecule has 0 bridgehead atoms. The van der Waals surface area contributed by atoms with E-state index in [2.05, 4.69) is 10.3 Å². The minimum atomic E-state index is -0.457. The van der Waals surface area contributed by atoms with Crippen LogP contribution in [0.25, 0.3) is 0 Å². The summed E-state index contributed by atoms with van der Waals surface area (Å²) in [5, 5.41) is 14.8. The van der Waals surface area contributed by atoms with Crippen LogP contribution in [0.5, 0.6) is 11.6 Å². The van der Waals surface area contributed by atoms with Crippen molar-refractivity contribution in [2.75, 3.05) is 17.7 Å². The van der Waals surface area contributed by atoms with Gasteiger partial charge in [0, 0.05) is 23.7 Å². The van der Waals surface area contributed by atoms with Gasteiger partial charge in [-0.2, -0.15) is 0 Å². The lowest BCUT2D eigenvalue weighted by molar-refractivity contribution is -0.385. The van der Waals surface area contributed by atoms with Crippen LogP contribution in [0, 0.1) is 24.0 Å². The van der Waals surface area contributed by atoms with Gasteiger partial charge in [0.05, 0.1) is 4.92 Å². The molecule has 0 aliphatic heterocycles. The van der Waals surface area contributed by atoms with Gasteiger partial charge in [-0.15, -0.1) is 11.6 Å². The second-order valence-corrected chi connectivity index (χ2v) is 5.72. The predicted octanol–water partition coefficient (Wildman–Crippen LogP) is 4.83. The van der Waals surface area contributed by atoms with Crippen molar-refractivity contribution >= 4 is 23.0 Å². The van der Waals surface area contributed by atoms with Crippen molar-refractivity contribution < 1.29 is 9.66 Å². The highest BCUT2D eigenvalue weighted by atomic mass is 35.5. The first-order valence-electron chi connectivity index (χ1n) is 7.73. The summed E-state index contributed by atoms with van der Waals surface area (Å²) in [4.78, 5) is 15.4. The molecule has 0 atom stereocenters. The molecule has 0 unspecified atom stereocenters. The molecular formula is C17H20ClN3O3. The molecule has 7 heteroatoms. The quantitative estimate of drug-likeness (QED) is 0.319. The highest BCUT2D eigenvalue weighted by Crippen LogP contribution is 2.39. The zero-order valence-corrected chi connectivity index (χ0v) is 14.5. The standard InChI is InChI=1S/C17H20ClN3O3/c1-12-13(2)20-17(24-14-8-4-3-5-9-14)16(21(22)23)15(12)19-11-7-6-10-18/h3-5,8-9H,6-7,10-11H2,1-2H3,(H,19,20). The molecule has 2 aromatic rings. The highest BCUT2D eigenvalue weighted by molar-refractivity contribution is 6.17. The number of para-hydroxylation sites is 1. The van der Waals surface area contributed by atoms with Gasteiger partial charge >= 0.3 is 11.6 Å². The summed E-state index contributed by atoms with van der Waals surface area (Å²) in [6.45, 7) is 4.22. The monoisotopic (exact) mass is 349 g/mol. The van der Waals surface area contributed by atoms with Gasteiger partial charge in [0.1, 0.15) is 11.4 Å². The molecule has 0 amide bonds. The maximum Gasteiger partial charge on any atom is 0.354 e. The molecule has 1 aromatic heterocycles. The number of nitro groups is 1. The molecule has 0 aliphatic rings. The molecule has 0 fully saturated rings. The number of aromatic nitrogens is 1. The summed E-state index contributed by atoms with van der Waals surface area (Å²) in [6.07, 6.45) is 1.68. The Bertz CT molecular complexity index is 708. The molecule has 2 rings (SSSR count). The van der Waals surface area contributed by atoms with Crippen LogP contribution in [0.15, 0.2) is 30.3 Å². The number of halogens is 1. The van der Waals surface area contributed by atoms with Gasteiger partial charge < -0.3 is 10.1 Å². The number of alkyl halides is 1. The summed E-state index contributed by atoms with van der Waals surface area (Å²) in [5.41, 5.74) is 1.74. The zero-order valence-electron chi connectivity index (χ0n) is 13.7. The van der Waals surface area contributed by atoms with Gasteiger partial charge in [0.2, 0.25) is 0 Å². The summed E-state index contributed by atoms with van der Waals surface area (Å²) in [6, 6.07) is 8.91. The van der Waals surface area contributed by atoms with E-state index < -0.39 is 4.92 Å². The van der Waals surface area contributed by atoms with Crippen LogP contribution in [0.4, 0.5) is 11.4 Å². The zero-order chi connectivity index (χ0) is 17.5. The van der Waals surface area contributed by atoms with Gasteiger partial charge in [-0.25, -0.2) is 4.98 Å². The van der Waals surface area contributed by atoms with Crippen LogP contribution in [0.3, 0.4) is 0 Å². The molecule has 1 N–H and O–H groups in total. The topological polar surface area (TPSA) is 77.3 Å². The van der Waals surface area contributed by atoms with Gasteiger partial charge in [0.25, 0.3) is 0 Å². The number of hydrogen-bond donors (Lipinski definition) is 1. The van der Waals surface area contributed by atoms with Crippen LogP contribution in [0.2, 0.25) is 0 Å². The molecule has 0 saturated heterocycles. The molecule has 0 radical (unpaired) electrons. The Balaban J connectivity index is 2.39.